The summed E-state index contributed by atoms with van der Waals surface area (Å²) in [5.74, 6) is -0.669. The van der Waals surface area contributed by atoms with Crippen LogP contribution in [-0.4, -0.2) is 35.4 Å². The van der Waals surface area contributed by atoms with E-state index in [9.17, 15) is 14.7 Å². The van der Waals surface area contributed by atoms with Crippen molar-refractivity contribution in [2.24, 2.45) is 5.92 Å². The Bertz CT molecular complexity index is 917. The number of hydrogen-bond donors (Lipinski definition) is 1. The van der Waals surface area contributed by atoms with Gasteiger partial charge < -0.3 is 14.7 Å². The van der Waals surface area contributed by atoms with Crippen LogP contribution in [0.5, 0.6) is 5.75 Å². The third-order valence-electron chi connectivity index (χ3n) is 4.65. The molecule has 0 radical (unpaired) electrons. The largest absolute Gasteiger partial charge is 0.507 e. The molecule has 0 spiro atoms. The van der Waals surface area contributed by atoms with Crippen LogP contribution < -0.4 is 4.74 Å². The zero-order valence-corrected chi connectivity index (χ0v) is 16.7. The average molecular weight is 400 g/mol. The molecule has 146 valence electrons. The Hall–Kier alpha value is -2.79. The molecule has 1 amide bonds. The van der Waals surface area contributed by atoms with Gasteiger partial charge in [0.05, 0.1) is 18.7 Å². The number of Topliss-reactive ketones (excluding diaryl/α,β-unsaturated/α-hetero) is 1. The van der Waals surface area contributed by atoms with Gasteiger partial charge >= 0.3 is 0 Å². The summed E-state index contributed by atoms with van der Waals surface area (Å²) in [5, 5.41) is 11.4. The molecular weight excluding hydrogens is 378 g/mol. The summed E-state index contributed by atoms with van der Waals surface area (Å²) in [6.07, 6.45) is 0. The number of likely N-dealkylation sites (tertiary alicyclic amines) is 1. The molecule has 6 heteroatoms. The molecule has 0 aliphatic carbocycles. The van der Waals surface area contributed by atoms with Crippen LogP contribution in [0.15, 0.2) is 54.1 Å². The van der Waals surface area contributed by atoms with Crippen LogP contribution in [0.4, 0.5) is 0 Å². The van der Waals surface area contributed by atoms with Crippen LogP contribution in [0, 0.1) is 5.92 Å². The Morgan fingerprint density at radius 2 is 1.71 bits per heavy atom. The summed E-state index contributed by atoms with van der Waals surface area (Å²) >= 11 is 5.92. The minimum Gasteiger partial charge on any atom is -0.507 e. The van der Waals surface area contributed by atoms with Gasteiger partial charge in [0.1, 0.15) is 11.5 Å². The van der Waals surface area contributed by atoms with Crippen molar-refractivity contribution in [3.8, 4) is 5.75 Å². The van der Waals surface area contributed by atoms with E-state index in [4.69, 9.17) is 16.3 Å². The number of hydrogen-bond acceptors (Lipinski definition) is 4. The second kappa shape index (κ2) is 8.07. The number of benzene rings is 2. The summed E-state index contributed by atoms with van der Waals surface area (Å²) in [5.41, 5.74) is 1.25. The van der Waals surface area contributed by atoms with Crippen molar-refractivity contribution in [1.82, 2.24) is 4.90 Å². The van der Waals surface area contributed by atoms with Gasteiger partial charge in [0.25, 0.3) is 11.7 Å². The molecule has 0 aromatic heterocycles. The number of methoxy groups -OCH3 is 1. The van der Waals surface area contributed by atoms with Gasteiger partial charge in [-0.15, -0.1) is 0 Å². The van der Waals surface area contributed by atoms with E-state index in [1.54, 1.807) is 55.6 Å². The topological polar surface area (TPSA) is 66.8 Å². The molecule has 1 N–H and O–H groups in total. The van der Waals surface area contributed by atoms with Gasteiger partial charge in [-0.2, -0.15) is 0 Å². The first-order valence-corrected chi connectivity index (χ1v) is 9.39. The Labute approximate surface area is 169 Å². The number of aliphatic hydroxyl groups excluding tert-OH is 1. The van der Waals surface area contributed by atoms with Gasteiger partial charge in [0.15, 0.2) is 0 Å². The summed E-state index contributed by atoms with van der Waals surface area (Å²) in [7, 11) is 1.57. The fraction of sp³-hybridized carbons (Fsp3) is 0.273. The fourth-order valence-electron chi connectivity index (χ4n) is 3.36. The SMILES string of the molecule is COc1ccc([C@H]2C(=C(O)c3ccc(Cl)cc3)C(=O)C(=O)N2CC(C)C)cc1. The third-order valence-corrected chi connectivity index (χ3v) is 4.90. The Kier molecular flexibility index (Phi) is 5.75. The van der Waals surface area contributed by atoms with Crippen LogP contribution in [0.25, 0.3) is 5.76 Å². The lowest BCUT2D eigenvalue weighted by Crippen LogP contribution is -2.33. The van der Waals surface area contributed by atoms with Gasteiger partial charge in [-0.1, -0.05) is 37.6 Å². The predicted octanol–water partition coefficient (Wildman–Crippen LogP) is 4.43. The summed E-state index contributed by atoms with van der Waals surface area (Å²) in [6.45, 7) is 4.35. The van der Waals surface area contributed by atoms with Crippen LogP contribution in [-0.2, 0) is 9.59 Å². The van der Waals surface area contributed by atoms with E-state index >= 15 is 0 Å². The van der Waals surface area contributed by atoms with E-state index in [0.717, 1.165) is 5.56 Å². The summed E-state index contributed by atoms with van der Waals surface area (Å²) < 4.78 is 5.20. The van der Waals surface area contributed by atoms with Crippen molar-refractivity contribution in [3.63, 3.8) is 0 Å². The normalized spacial score (nSPS) is 18.8. The first-order valence-electron chi connectivity index (χ1n) is 9.01. The fourth-order valence-corrected chi connectivity index (χ4v) is 3.48. The Morgan fingerprint density at radius 1 is 1.11 bits per heavy atom. The van der Waals surface area contributed by atoms with E-state index < -0.39 is 17.7 Å². The molecule has 1 fully saturated rings. The van der Waals surface area contributed by atoms with Gasteiger partial charge in [-0.3, -0.25) is 9.59 Å². The van der Waals surface area contributed by atoms with E-state index in [1.807, 2.05) is 13.8 Å². The van der Waals surface area contributed by atoms with Gasteiger partial charge in [0, 0.05) is 17.1 Å². The smallest absolute Gasteiger partial charge is 0.295 e. The number of carbonyl (C=O) groups excluding carboxylic acids is 2. The lowest BCUT2D eigenvalue weighted by Gasteiger charge is -2.27. The van der Waals surface area contributed by atoms with Crippen molar-refractivity contribution < 1.29 is 19.4 Å². The molecule has 5 nitrogen and oxygen atoms in total. The quantitative estimate of drug-likeness (QED) is 0.459. The van der Waals surface area contributed by atoms with Crippen LogP contribution in [0.3, 0.4) is 0 Å². The van der Waals surface area contributed by atoms with Crippen molar-refractivity contribution in [3.05, 3.63) is 70.3 Å². The molecule has 1 aliphatic heterocycles. The first kappa shape index (κ1) is 20.0. The highest BCUT2D eigenvalue weighted by Gasteiger charge is 2.46. The number of nitrogens with zero attached hydrogens (tertiary/aromatic N) is 1. The molecule has 1 aliphatic rings. The number of ketones is 1. The molecule has 1 atom stereocenters. The number of carbonyl (C=O) groups is 2. The maximum Gasteiger partial charge on any atom is 0.295 e. The highest BCUT2D eigenvalue weighted by molar-refractivity contribution is 6.46. The van der Waals surface area contributed by atoms with E-state index in [1.165, 1.54) is 4.90 Å². The van der Waals surface area contributed by atoms with Gasteiger partial charge in [-0.05, 0) is 47.9 Å². The molecule has 1 saturated heterocycles. The summed E-state index contributed by atoms with van der Waals surface area (Å²) in [4.78, 5) is 27.1. The maximum atomic E-state index is 12.8. The second-order valence-corrected chi connectivity index (χ2v) is 7.56. The minimum absolute atomic E-state index is 0.0816. The Morgan fingerprint density at radius 3 is 2.25 bits per heavy atom. The highest BCUT2D eigenvalue weighted by Crippen LogP contribution is 2.40. The third kappa shape index (κ3) is 3.76. The van der Waals surface area contributed by atoms with Gasteiger partial charge in [0.2, 0.25) is 0 Å². The lowest BCUT2D eigenvalue weighted by molar-refractivity contribution is -0.140. The van der Waals surface area contributed by atoms with Crippen LogP contribution >= 0.6 is 11.6 Å². The number of ether oxygens (including phenoxy) is 1. The zero-order valence-electron chi connectivity index (χ0n) is 16.0. The van der Waals surface area contributed by atoms with E-state index in [2.05, 4.69) is 0 Å². The molecular formula is C22H22ClNO4. The molecule has 2 aromatic carbocycles. The number of halogens is 1. The molecule has 3 rings (SSSR count). The molecule has 0 unspecified atom stereocenters. The Balaban J connectivity index is 2.16. The molecule has 0 bridgehead atoms. The maximum absolute atomic E-state index is 12.8. The predicted molar refractivity (Wildman–Crippen MR) is 108 cm³/mol. The highest BCUT2D eigenvalue weighted by atomic mass is 35.5. The monoisotopic (exact) mass is 399 g/mol. The minimum atomic E-state index is -0.686. The average Bonchev–Trinajstić information content (AvgIpc) is 2.92. The van der Waals surface area contributed by atoms with Crippen molar-refractivity contribution >= 4 is 29.1 Å². The second-order valence-electron chi connectivity index (χ2n) is 7.13. The molecule has 1 heterocycles. The van der Waals surface area contributed by atoms with Gasteiger partial charge in [-0.25, -0.2) is 0 Å². The number of amides is 1. The zero-order chi connectivity index (χ0) is 20.4. The van der Waals surface area contributed by atoms with Crippen LogP contribution in [0.1, 0.15) is 31.0 Å². The summed E-state index contributed by atoms with van der Waals surface area (Å²) in [6, 6.07) is 13.0. The molecule has 28 heavy (non-hydrogen) atoms. The first-order chi connectivity index (χ1) is 13.3. The standard InChI is InChI=1S/C22H22ClNO4/c1-13(2)12-24-19(14-6-10-17(28-3)11-7-14)18(21(26)22(24)27)20(25)15-4-8-16(23)9-5-15/h4-11,13,19,25H,12H2,1-3H3/t19-/m0/s1. The van der Waals surface area contributed by atoms with Crippen LogP contribution in [0.2, 0.25) is 5.02 Å². The molecule has 0 saturated carbocycles. The van der Waals surface area contributed by atoms with Crippen molar-refractivity contribution in [2.75, 3.05) is 13.7 Å². The number of aliphatic hydroxyl groups is 1. The van der Waals surface area contributed by atoms with Crippen molar-refractivity contribution in [1.29, 1.82) is 0 Å². The van der Waals surface area contributed by atoms with E-state index in [0.29, 0.717) is 22.9 Å². The lowest BCUT2D eigenvalue weighted by atomic mass is 9.95. The van der Waals surface area contributed by atoms with E-state index in [-0.39, 0.29) is 17.3 Å². The molecule has 2 aromatic rings. The number of rotatable bonds is 5. The van der Waals surface area contributed by atoms with Crippen molar-refractivity contribution in [2.45, 2.75) is 19.9 Å².